The molecule has 2 aromatic carbocycles. The maximum Gasteiger partial charge on any atom is 0.335 e. The predicted molar refractivity (Wildman–Crippen MR) is 119 cm³/mol. The van der Waals surface area contributed by atoms with Crippen LogP contribution in [0.4, 0.5) is 5.69 Å². The van der Waals surface area contributed by atoms with Gasteiger partial charge in [-0.2, -0.15) is 0 Å². The Morgan fingerprint density at radius 2 is 1.63 bits per heavy atom. The summed E-state index contributed by atoms with van der Waals surface area (Å²) in [5, 5.41) is 9.15. The second-order valence-electron chi connectivity index (χ2n) is 8.02. The molecule has 1 aliphatic carbocycles. The Hall–Kier alpha value is -3.66. The van der Waals surface area contributed by atoms with Gasteiger partial charge in [-0.05, 0) is 53.1 Å². The Morgan fingerprint density at radius 1 is 0.967 bits per heavy atom. The lowest BCUT2D eigenvalue weighted by molar-refractivity contribution is -0.110. The fourth-order valence-electron chi connectivity index (χ4n) is 4.00. The molecule has 0 saturated carbocycles. The average molecular weight is 397 g/mol. The largest absolute Gasteiger partial charge is 0.478 e. The van der Waals surface area contributed by atoms with Gasteiger partial charge in [-0.15, -0.1) is 0 Å². The Bertz CT molecular complexity index is 1110. The van der Waals surface area contributed by atoms with Gasteiger partial charge in [0.25, 0.3) is 0 Å². The fourth-order valence-corrected chi connectivity index (χ4v) is 4.00. The van der Waals surface area contributed by atoms with Crippen LogP contribution in [0.15, 0.2) is 96.3 Å². The number of para-hydroxylation sites is 1. The molecule has 150 valence electrons. The van der Waals surface area contributed by atoms with Gasteiger partial charge in [-0.25, -0.2) is 4.79 Å². The molecule has 0 atom stereocenters. The summed E-state index contributed by atoms with van der Waals surface area (Å²) in [6.45, 7) is 5.05. The van der Waals surface area contributed by atoms with Crippen molar-refractivity contribution in [3.8, 4) is 0 Å². The molecular formula is C26H23NO3. The third-order valence-corrected chi connectivity index (χ3v) is 5.65. The van der Waals surface area contributed by atoms with Crippen molar-refractivity contribution in [2.24, 2.45) is 0 Å². The van der Waals surface area contributed by atoms with E-state index >= 15 is 0 Å². The highest BCUT2D eigenvalue weighted by atomic mass is 16.4. The van der Waals surface area contributed by atoms with Crippen LogP contribution < -0.4 is 4.90 Å². The molecule has 2 aliphatic rings. The minimum atomic E-state index is -0.923. The van der Waals surface area contributed by atoms with Crippen molar-refractivity contribution in [3.63, 3.8) is 0 Å². The summed E-state index contributed by atoms with van der Waals surface area (Å²) >= 11 is 0. The van der Waals surface area contributed by atoms with Crippen molar-refractivity contribution >= 4 is 17.4 Å². The summed E-state index contributed by atoms with van der Waals surface area (Å²) in [5.41, 5.74) is 5.66. The number of nitrogens with zero attached hydrogens (tertiary/aromatic N) is 1. The van der Waals surface area contributed by atoms with Gasteiger partial charge in [0.05, 0.1) is 5.56 Å². The smallest absolute Gasteiger partial charge is 0.335 e. The molecule has 0 bridgehead atoms. The van der Waals surface area contributed by atoms with E-state index in [1.54, 1.807) is 24.3 Å². The Kier molecular flexibility index (Phi) is 5.00. The van der Waals surface area contributed by atoms with E-state index < -0.39 is 5.97 Å². The summed E-state index contributed by atoms with van der Waals surface area (Å²) in [6.07, 6.45) is 10.9. The highest BCUT2D eigenvalue weighted by molar-refractivity contribution is 6.01. The number of carboxylic acids is 1. The fraction of sp³-hybridized carbons (Fsp3) is 0.154. The van der Waals surface area contributed by atoms with Gasteiger partial charge in [0.1, 0.15) is 0 Å². The monoisotopic (exact) mass is 397 g/mol. The second kappa shape index (κ2) is 7.64. The predicted octanol–water partition coefficient (Wildman–Crippen LogP) is 5.19. The Morgan fingerprint density at radius 3 is 2.30 bits per heavy atom. The van der Waals surface area contributed by atoms with Crippen LogP contribution in [0.1, 0.15) is 35.3 Å². The number of fused-ring (bicyclic) bond motifs is 1. The van der Waals surface area contributed by atoms with E-state index in [0.29, 0.717) is 6.54 Å². The zero-order valence-electron chi connectivity index (χ0n) is 17.0. The molecule has 4 heteroatoms. The van der Waals surface area contributed by atoms with E-state index in [2.05, 4.69) is 43.0 Å². The molecule has 0 saturated heterocycles. The number of carbonyl (C=O) groups excluding carboxylic acids is 1. The molecule has 0 unspecified atom stereocenters. The Balaban J connectivity index is 1.73. The van der Waals surface area contributed by atoms with Crippen LogP contribution >= 0.6 is 0 Å². The van der Waals surface area contributed by atoms with Gasteiger partial charge in [0, 0.05) is 23.3 Å². The molecular weight excluding hydrogens is 374 g/mol. The molecule has 0 amide bonds. The number of rotatable bonds is 4. The van der Waals surface area contributed by atoms with Crippen molar-refractivity contribution in [2.45, 2.75) is 25.8 Å². The lowest BCUT2D eigenvalue weighted by Gasteiger charge is -2.27. The summed E-state index contributed by atoms with van der Waals surface area (Å²) in [7, 11) is 0. The van der Waals surface area contributed by atoms with Crippen molar-refractivity contribution in [1.29, 1.82) is 0 Å². The van der Waals surface area contributed by atoms with Gasteiger partial charge in [0.2, 0.25) is 0 Å². The van der Waals surface area contributed by atoms with Crippen molar-refractivity contribution < 1.29 is 14.7 Å². The Labute approximate surface area is 176 Å². The molecule has 0 aromatic heterocycles. The molecule has 0 radical (unpaired) electrons. The van der Waals surface area contributed by atoms with Crippen LogP contribution in [0, 0.1) is 0 Å². The van der Waals surface area contributed by atoms with Gasteiger partial charge in [-0.3, -0.25) is 4.79 Å². The van der Waals surface area contributed by atoms with Crippen LogP contribution in [0.25, 0.3) is 0 Å². The number of anilines is 1. The van der Waals surface area contributed by atoms with Gasteiger partial charge in [-0.1, -0.05) is 62.4 Å². The van der Waals surface area contributed by atoms with Crippen LogP contribution in [-0.4, -0.2) is 16.9 Å². The number of carboxylic acid groups (broad SMARTS) is 1. The number of ketones is 1. The maximum atomic E-state index is 11.4. The molecule has 4 nitrogen and oxygen atoms in total. The quantitative estimate of drug-likeness (QED) is 0.772. The van der Waals surface area contributed by atoms with E-state index in [4.69, 9.17) is 5.11 Å². The number of benzene rings is 2. The lowest BCUT2D eigenvalue weighted by atomic mass is 9.83. The third-order valence-electron chi connectivity index (χ3n) is 5.65. The number of hydrogen-bond donors (Lipinski definition) is 1. The summed E-state index contributed by atoms with van der Waals surface area (Å²) in [6, 6.07) is 15.4. The summed E-state index contributed by atoms with van der Waals surface area (Å²) < 4.78 is 0. The SMILES string of the molecule is CC1(C)/C(=C\C=C2C=CC(=O)C=C2)N(Cc2ccc(C(=O)O)cc2)c2ccccc21. The van der Waals surface area contributed by atoms with E-state index in [1.807, 2.05) is 36.4 Å². The van der Waals surface area contributed by atoms with Crippen LogP contribution in [0.2, 0.25) is 0 Å². The number of allylic oxidation sites excluding steroid dienone is 8. The van der Waals surface area contributed by atoms with E-state index in [9.17, 15) is 9.59 Å². The first-order valence-electron chi connectivity index (χ1n) is 9.88. The number of carbonyl (C=O) groups is 2. The van der Waals surface area contributed by atoms with Crippen LogP contribution in [0.3, 0.4) is 0 Å². The molecule has 30 heavy (non-hydrogen) atoms. The molecule has 2 aromatic rings. The minimum Gasteiger partial charge on any atom is -0.478 e. The van der Waals surface area contributed by atoms with Crippen molar-refractivity contribution in [3.05, 3.63) is 113 Å². The molecule has 0 fully saturated rings. The normalized spacial score (nSPS) is 18.1. The number of aromatic carboxylic acids is 1. The van der Waals surface area contributed by atoms with Gasteiger partial charge >= 0.3 is 5.97 Å². The van der Waals surface area contributed by atoms with E-state index in [-0.39, 0.29) is 16.8 Å². The lowest BCUT2D eigenvalue weighted by Crippen LogP contribution is -2.25. The van der Waals surface area contributed by atoms with E-state index in [1.165, 1.54) is 5.56 Å². The third kappa shape index (κ3) is 3.64. The van der Waals surface area contributed by atoms with Gasteiger partial charge in [0.15, 0.2) is 5.78 Å². The first kappa shape index (κ1) is 19.6. The topological polar surface area (TPSA) is 57.6 Å². The van der Waals surface area contributed by atoms with Gasteiger partial charge < -0.3 is 10.0 Å². The first-order valence-corrected chi connectivity index (χ1v) is 9.88. The summed E-state index contributed by atoms with van der Waals surface area (Å²) in [5.74, 6) is -0.923. The number of hydrogen-bond acceptors (Lipinski definition) is 3. The first-order chi connectivity index (χ1) is 14.4. The van der Waals surface area contributed by atoms with Crippen molar-refractivity contribution in [1.82, 2.24) is 0 Å². The maximum absolute atomic E-state index is 11.4. The molecule has 0 spiro atoms. The van der Waals surface area contributed by atoms with Crippen LogP contribution in [-0.2, 0) is 16.8 Å². The second-order valence-corrected chi connectivity index (χ2v) is 8.02. The summed E-state index contributed by atoms with van der Waals surface area (Å²) in [4.78, 5) is 24.8. The van der Waals surface area contributed by atoms with Crippen LogP contribution in [0.5, 0.6) is 0 Å². The molecule has 1 aliphatic heterocycles. The average Bonchev–Trinajstić information content (AvgIpc) is 2.95. The van der Waals surface area contributed by atoms with E-state index in [0.717, 1.165) is 22.5 Å². The minimum absolute atomic E-state index is 0.000149. The van der Waals surface area contributed by atoms with Crippen molar-refractivity contribution in [2.75, 3.05) is 4.90 Å². The molecule has 4 rings (SSSR count). The highest BCUT2D eigenvalue weighted by Crippen LogP contribution is 2.48. The molecule has 1 heterocycles. The zero-order chi connectivity index (χ0) is 21.3. The zero-order valence-corrected chi connectivity index (χ0v) is 17.0. The highest BCUT2D eigenvalue weighted by Gasteiger charge is 2.39. The molecule has 1 N–H and O–H groups in total. The standard InChI is InChI=1S/C26H23NO3/c1-26(2)22-5-3-4-6-23(22)27(17-19-7-12-20(13-8-19)25(29)30)24(26)16-11-18-9-14-21(28)15-10-18/h3-16H,17H2,1-2H3,(H,29,30)/b24-16+.